The molecule has 3 amide bonds. The molecule has 3 rings (SSSR count). The van der Waals surface area contributed by atoms with Crippen LogP contribution >= 0.6 is 11.6 Å². The van der Waals surface area contributed by atoms with Crippen molar-refractivity contribution in [1.29, 1.82) is 0 Å². The molecule has 1 aliphatic heterocycles. The van der Waals surface area contributed by atoms with Crippen LogP contribution in [0.5, 0.6) is 5.88 Å². The summed E-state index contributed by atoms with van der Waals surface area (Å²) in [4.78, 5) is 30.5. The van der Waals surface area contributed by atoms with Crippen molar-refractivity contribution in [2.75, 3.05) is 0 Å². The molecule has 2 N–H and O–H groups in total. The van der Waals surface area contributed by atoms with Crippen molar-refractivity contribution in [3.05, 3.63) is 58.6 Å². The molecule has 116 valence electrons. The van der Waals surface area contributed by atoms with E-state index < -0.39 is 11.9 Å². The highest BCUT2D eigenvalue weighted by Crippen LogP contribution is 2.17. The van der Waals surface area contributed by atoms with Gasteiger partial charge in [0.15, 0.2) is 0 Å². The van der Waals surface area contributed by atoms with Crippen LogP contribution in [0.25, 0.3) is 6.08 Å². The number of nitrogens with one attached hydrogen (secondary N) is 2. The predicted octanol–water partition coefficient (Wildman–Crippen LogP) is 1.89. The number of nitrogens with zero attached hydrogens (tertiary/aromatic N) is 2. The molecule has 0 aliphatic carbocycles. The number of aromatic nitrogens is 2. The van der Waals surface area contributed by atoms with Gasteiger partial charge in [0.05, 0.1) is 5.69 Å². The molecule has 1 aromatic heterocycles. The van der Waals surface area contributed by atoms with Gasteiger partial charge < -0.3 is 10.1 Å². The number of imide groups is 1. The van der Waals surface area contributed by atoms with Crippen molar-refractivity contribution in [1.82, 2.24) is 20.6 Å². The maximum Gasteiger partial charge on any atom is 0.326 e. The quantitative estimate of drug-likeness (QED) is 0.507. The molecule has 0 bridgehead atoms. The molecule has 7 nitrogen and oxygen atoms in total. The van der Waals surface area contributed by atoms with E-state index >= 15 is 0 Å². The topological polar surface area (TPSA) is 93.2 Å². The number of benzene rings is 1. The highest BCUT2D eigenvalue weighted by molar-refractivity contribution is 6.28. The summed E-state index contributed by atoms with van der Waals surface area (Å²) in [6.45, 7) is 0.321. The third-order valence-corrected chi connectivity index (χ3v) is 3.11. The van der Waals surface area contributed by atoms with Crippen molar-refractivity contribution >= 4 is 29.6 Å². The van der Waals surface area contributed by atoms with Crippen LogP contribution in [0, 0.1) is 0 Å². The average molecular weight is 331 g/mol. The van der Waals surface area contributed by atoms with Crippen LogP contribution in [0.15, 0.2) is 42.1 Å². The van der Waals surface area contributed by atoms with Crippen molar-refractivity contribution in [2.45, 2.75) is 6.61 Å². The lowest BCUT2D eigenvalue weighted by molar-refractivity contribution is -0.115. The van der Waals surface area contributed by atoms with Gasteiger partial charge in [-0.05, 0) is 23.2 Å². The van der Waals surface area contributed by atoms with E-state index in [1.165, 1.54) is 12.1 Å². The molecule has 0 unspecified atom stereocenters. The molecule has 23 heavy (non-hydrogen) atoms. The number of urea groups is 1. The first-order valence-electron chi connectivity index (χ1n) is 6.65. The number of halogens is 1. The van der Waals surface area contributed by atoms with E-state index in [9.17, 15) is 9.59 Å². The zero-order valence-corrected chi connectivity index (χ0v) is 12.5. The van der Waals surface area contributed by atoms with Gasteiger partial charge in [-0.2, -0.15) is 4.98 Å². The van der Waals surface area contributed by atoms with Crippen molar-refractivity contribution in [2.24, 2.45) is 0 Å². The summed E-state index contributed by atoms with van der Waals surface area (Å²) in [5, 5.41) is 4.44. The number of rotatable bonds is 4. The van der Waals surface area contributed by atoms with Gasteiger partial charge in [0.2, 0.25) is 11.2 Å². The fourth-order valence-electron chi connectivity index (χ4n) is 1.92. The minimum atomic E-state index is -0.582. The van der Waals surface area contributed by atoms with E-state index in [4.69, 9.17) is 16.3 Å². The van der Waals surface area contributed by atoms with E-state index in [1.807, 2.05) is 30.3 Å². The fourth-order valence-corrected chi connectivity index (χ4v) is 2.10. The fraction of sp³-hybridized carbons (Fsp3) is 0.0667. The van der Waals surface area contributed by atoms with Crippen LogP contribution in [0.3, 0.4) is 0 Å². The minimum Gasteiger partial charge on any atom is -0.473 e. The highest BCUT2D eigenvalue weighted by Gasteiger charge is 2.23. The Morgan fingerprint density at radius 3 is 2.61 bits per heavy atom. The molecular weight excluding hydrogens is 320 g/mol. The van der Waals surface area contributed by atoms with Gasteiger partial charge in [0, 0.05) is 6.07 Å². The molecule has 2 heterocycles. The lowest BCUT2D eigenvalue weighted by Gasteiger charge is -2.06. The zero-order valence-electron chi connectivity index (χ0n) is 11.7. The average Bonchev–Trinajstić information content (AvgIpc) is 2.83. The lowest BCUT2D eigenvalue weighted by Crippen LogP contribution is -2.22. The van der Waals surface area contributed by atoms with Crippen LogP contribution in [-0.4, -0.2) is 21.9 Å². The van der Waals surface area contributed by atoms with Gasteiger partial charge >= 0.3 is 6.03 Å². The molecule has 0 atom stereocenters. The van der Waals surface area contributed by atoms with Crippen molar-refractivity contribution in [3.8, 4) is 5.88 Å². The number of carbonyl (C=O) groups is 2. The van der Waals surface area contributed by atoms with Gasteiger partial charge in [-0.15, -0.1) is 0 Å². The molecule has 1 saturated heterocycles. The summed E-state index contributed by atoms with van der Waals surface area (Å²) in [7, 11) is 0. The first-order valence-corrected chi connectivity index (χ1v) is 7.03. The Morgan fingerprint density at radius 1 is 1.13 bits per heavy atom. The molecule has 0 saturated carbocycles. The maximum atomic E-state index is 11.5. The number of hydrogen-bond donors (Lipinski definition) is 2. The maximum absolute atomic E-state index is 11.5. The SMILES string of the molecule is O=C1NC(=O)/C(=C\c2cc(OCc3ccccc3)nc(Cl)n2)N1. The van der Waals surface area contributed by atoms with Crippen LogP contribution in [0.4, 0.5) is 4.79 Å². The summed E-state index contributed by atoms with van der Waals surface area (Å²) in [6.07, 6.45) is 1.39. The largest absolute Gasteiger partial charge is 0.473 e. The normalized spacial score (nSPS) is 15.4. The van der Waals surface area contributed by atoms with E-state index in [-0.39, 0.29) is 16.9 Å². The zero-order chi connectivity index (χ0) is 16.2. The smallest absolute Gasteiger partial charge is 0.326 e. The molecular formula is C15H11ClN4O3. The molecule has 2 aromatic rings. The Kier molecular flexibility index (Phi) is 4.20. The standard InChI is InChI=1S/C15H11ClN4O3/c16-14-17-10(6-11-13(21)20-15(22)18-11)7-12(19-14)23-8-9-4-2-1-3-5-9/h1-7H,8H2,(H2,18,20,21,22)/b11-6+. The first-order chi connectivity index (χ1) is 11.1. The molecule has 8 heteroatoms. The van der Waals surface area contributed by atoms with Gasteiger partial charge in [-0.3, -0.25) is 10.1 Å². The van der Waals surface area contributed by atoms with Crippen molar-refractivity contribution < 1.29 is 14.3 Å². The van der Waals surface area contributed by atoms with Gasteiger partial charge in [-0.1, -0.05) is 30.3 Å². The predicted molar refractivity (Wildman–Crippen MR) is 82.5 cm³/mol. The lowest BCUT2D eigenvalue weighted by atomic mass is 10.2. The molecule has 1 aromatic carbocycles. The van der Waals surface area contributed by atoms with Gasteiger partial charge in [0.25, 0.3) is 5.91 Å². The van der Waals surface area contributed by atoms with Gasteiger partial charge in [-0.25, -0.2) is 9.78 Å². The highest BCUT2D eigenvalue weighted by atomic mass is 35.5. The molecule has 1 aliphatic rings. The summed E-state index contributed by atoms with van der Waals surface area (Å²) in [5.41, 5.74) is 1.41. The molecule has 0 radical (unpaired) electrons. The monoisotopic (exact) mass is 330 g/mol. The molecule has 0 spiro atoms. The summed E-state index contributed by atoms with van der Waals surface area (Å²) >= 11 is 5.86. The van der Waals surface area contributed by atoms with Gasteiger partial charge in [0.1, 0.15) is 12.3 Å². The van der Waals surface area contributed by atoms with Crippen LogP contribution < -0.4 is 15.4 Å². The summed E-state index contributed by atoms with van der Waals surface area (Å²) in [6, 6.07) is 10.5. The second kappa shape index (κ2) is 6.45. The van der Waals surface area contributed by atoms with E-state index in [0.29, 0.717) is 12.3 Å². The van der Waals surface area contributed by atoms with E-state index in [0.717, 1.165) is 5.56 Å². The number of amides is 3. The van der Waals surface area contributed by atoms with Crippen LogP contribution in [0.1, 0.15) is 11.3 Å². The summed E-state index contributed by atoms with van der Waals surface area (Å²) in [5.74, 6) is -0.262. The number of hydrogen-bond acceptors (Lipinski definition) is 5. The Bertz CT molecular complexity index is 793. The Labute approximate surface area is 136 Å². The minimum absolute atomic E-state index is 0.0212. The van der Waals surface area contributed by atoms with E-state index in [2.05, 4.69) is 20.6 Å². The first kappa shape index (κ1) is 15.0. The Hall–Kier alpha value is -2.93. The molecule has 1 fully saturated rings. The van der Waals surface area contributed by atoms with Crippen molar-refractivity contribution in [3.63, 3.8) is 0 Å². The third kappa shape index (κ3) is 3.83. The second-order valence-corrected chi connectivity index (χ2v) is 4.98. The Morgan fingerprint density at radius 2 is 1.91 bits per heavy atom. The van der Waals surface area contributed by atoms with Crippen LogP contribution in [0.2, 0.25) is 5.28 Å². The second-order valence-electron chi connectivity index (χ2n) is 4.64. The Balaban J connectivity index is 1.78. The van der Waals surface area contributed by atoms with Crippen LogP contribution in [-0.2, 0) is 11.4 Å². The third-order valence-electron chi connectivity index (χ3n) is 2.94. The summed E-state index contributed by atoms with van der Waals surface area (Å²) < 4.78 is 5.57. The number of ether oxygens (including phenoxy) is 1. The van der Waals surface area contributed by atoms with E-state index in [1.54, 1.807) is 0 Å². The number of carbonyl (C=O) groups excluding carboxylic acids is 2.